The molecule has 4 nitrogen and oxygen atoms in total. The van der Waals surface area contributed by atoms with Crippen LogP contribution in [0.5, 0.6) is 0 Å². The first-order valence-electron chi connectivity index (χ1n) is 4.53. The van der Waals surface area contributed by atoms with E-state index >= 15 is 0 Å². The minimum absolute atomic E-state index is 0.415. The van der Waals surface area contributed by atoms with E-state index in [1.165, 1.54) is 11.8 Å². The summed E-state index contributed by atoms with van der Waals surface area (Å²) in [5, 5.41) is 1.23. The van der Waals surface area contributed by atoms with Crippen molar-refractivity contribution in [2.45, 2.75) is 16.8 Å². The van der Waals surface area contributed by atoms with Gasteiger partial charge in [0.1, 0.15) is 5.03 Å². The lowest BCUT2D eigenvalue weighted by Crippen LogP contribution is -1.97. The number of aryl methyl sites for hydroxylation is 1. The van der Waals surface area contributed by atoms with Gasteiger partial charge in [0.25, 0.3) is 0 Å². The second-order valence-electron chi connectivity index (χ2n) is 3.11. The van der Waals surface area contributed by atoms with Gasteiger partial charge in [-0.25, -0.2) is 9.97 Å². The number of halogens is 1. The quantitative estimate of drug-likeness (QED) is 0.890. The van der Waals surface area contributed by atoms with Crippen molar-refractivity contribution in [3.63, 3.8) is 0 Å². The van der Waals surface area contributed by atoms with Crippen molar-refractivity contribution >= 4 is 29.2 Å². The Kier molecular flexibility index (Phi) is 3.26. The molecular formula is C10H9ClN4S. The van der Waals surface area contributed by atoms with Crippen molar-refractivity contribution < 1.29 is 0 Å². The summed E-state index contributed by atoms with van der Waals surface area (Å²) in [4.78, 5) is 13.1. The molecule has 0 unspecified atom stereocenters. The molecule has 0 fully saturated rings. The third-order valence-corrected chi connectivity index (χ3v) is 3.32. The Morgan fingerprint density at radius 2 is 2.19 bits per heavy atom. The van der Waals surface area contributed by atoms with Crippen LogP contribution in [0.25, 0.3) is 0 Å². The Bertz CT molecular complexity index is 518. The zero-order valence-electron chi connectivity index (χ0n) is 8.51. The molecule has 2 heterocycles. The first-order chi connectivity index (χ1) is 7.66. The SMILES string of the molecule is Cc1cnc(Sc2ccncc2Cl)c(N)n1. The molecule has 6 heteroatoms. The molecule has 0 aliphatic carbocycles. The fraction of sp³-hybridized carbons (Fsp3) is 0.100. The highest BCUT2D eigenvalue weighted by molar-refractivity contribution is 7.99. The molecule has 0 bridgehead atoms. The Morgan fingerprint density at radius 3 is 2.88 bits per heavy atom. The van der Waals surface area contributed by atoms with Crippen molar-refractivity contribution in [1.82, 2.24) is 15.0 Å². The minimum atomic E-state index is 0.415. The van der Waals surface area contributed by atoms with Crippen molar-refractivity contribution in [3.05, 3.63) is 35.4 Å². The average molecular weight is 253 g/mol. The Balaban J connectivity index is 2.31. The summed E-state index contributed by atoms with van der Waals surface area (Å²) in [6, 6.07) is 1.81. The summed E-state index contributed by atoms with van der Waals surface area (Å²) in [7, 11) is 0. The molecule has 2 aromatic heterocycles. The van der Waals surface area contributed by atoms with Crippen molar-refractivity contribution in [1.29, 1.82) is 0 Å². The average Bonchev–Trinajstić information content (AvgIpc) is 2.25. The number of hydrogen-bond donors (Lipinski definition) is 1. The van der Waals surface area contributed by atoms with E-state index in [1.807, 2.05) is 13.0 Å². The molecule has 2 aromatic rings. The van der Waals surface area contributed by atoms with Crippen LogP contribution in [0.1, 0.15) is 5.69 Å². The summed E-state index contributed by atoms with van der Waals surface area (Å²) in [6.07, 6.45) is 4.93. The lowest BCUT2D eigenvalue weighted by Gasteiger charge is -2.05. The number of rotatable bonds is 2. The van der Waals surface area contributed by atoms with Gasteiger partial charge in [-0.2, -0.15) is 0 Å². The highest BCUT2D eigenvalue weighted by atomic mass is 35.5. The molecule has 0 radical (unpaired) electrons. The molecule has 0 aliphatic rings. The number of pyridine rings is 1. The zero-order chi connectivity index (χ0) is 11.5. The number of anilines is 1. The predicted molar refractivity (Wildman–Crippen MR) is 64.6 cm³/mol. The molecular weight excluding hydrogens is 244 g/mol. The zero-order valence-corrected chi connectivity index (χ0v) is 10.1. The van der Waals surface area contributed by atoms with Crippen molar-refractivity contribution in [2.75, 3.05) is 5.73 Å². The van der Waals surface area contributed by atoms with Crippen LogP contribution in [0.3, 0.4) is 0 Å². The summed E-state index contributed by atoms with van der Waals surface area (Å²) in [5.74, 6) is 0.415. The first-order valence-corrected chi connectivity index (χ1v) is 5.73. The van der Waals surface area contributed by atoms with Gasteiger partial charge in [0, 0.05) is 23.5 Å². The van der Waals surface area contributed by atoms with Gasteiger partial charge >= 0.3 is 0 Å². The normalized spacial score (nSPS) is 10.4. The van der Waals surface area contributed by atoms with E-state index < -0.39 is 0 Å². The minimum Gasteiger partial charge on any atom is -0.381 e. The van der Waals surface area contributed by atoms with E-state index in [0.717, 1.165) is 10.6 Å². The van der Waals surface area contributed by atoms with Crippen molar-refractivity contribution in [3.8, 4) is 0 Å². The van der Waals surface area contributed by atoms with Gasteiger partial charge in [-0.3, -0.25) is 4.98 Å². The largest absolute Gasteiger partial charge is 0.381 e. The van der Waals surface area contributed by atoms with Gasteiger partial charge in [-0.15, -0.1) is 0 Å². The van der Waals surface area contributed by atoms with Crippen LogP contribution in [0.15, 0.2) is 34.6 Å². The van der Waals surface area contributed by atoms with Crippen LogP contribution in [-0.2, 0) is 0 Å². The molecule has 0 saturated heterocycles. The smallest absolute Gasteiger partial charge is 0.156 e. The predicted octanol–water partition coefficient (Wildman–Crippen LogP) is 2.57. The standard InChI is InChI=1S/C10H9ClN4S/c1-6-4-14-10(9(12)15-6)16-8-2-3-13-5-7(8)11/h2-5H,1H3,(H2,12,15). The second-order valence-corrected chi connectivity index (χ2v) is 4.55. The first kappa shape index (κ1) is 11.2. The molecule has 16 heavy (non-hydrogen) atoms. The van der Waals surface area contributed by atoms with Gasteiger partial charge in [-0.1, -0.05) is 23.4 Å². The highest BCUT2D eigenvalue weighted by Gasteiger charge is 2.07. The van der Waals surface area contributed by atoms with E-state index in [2.05, 4.69) is 15.0 Å². The van der Waals surface area contributed by atoms with Crippen molar-refractivity contribution in [2.24, 2.45) is 0 Å². The maximum absolute atomic E-state index is 5.99. The summed E-state index contributed by atoms with van der Waals surface area (Å²) in [5.41, 5.74) is 6.56. The van der Waals surface area contributed by atoms with Crippen LogP contribution in [-0.4, -0.2) is 15.0 Å². The highest BCUT2D eigenvalue weighted by Crippen LogP contribution is 2.33. The summed E-state index contributed by atoms with van der Waals surface area (Å²) >= 11 is 7.36. The maximum atomic E-state index is 5.99. The second kappa shape index (κ2) is 4.67. The summed E-state index contributed by atoms with van der Waals surface area (Å²) in [6.45, 7) is 1.84. The van der Waals surface area contributed by atoms with E-state index in [-0.39, 0.29) is 0 Å². The Labute approximate surface area is 102 Å². The van der Waals surface area contributed by atoms with Gasteiger partial charge in [0.15, 0.2) is 5.82 Å². The van der Waals surface area contributed by atoms with Gasteiger partial charge in [0.05, 0.1) is 10.7 Å². The van der Waals surface area contributed by atoms with E-state index in [0.29, 0.717) is 15.9 Å². The monoisotopic (exact) mass is 252 g/mol. The fourth-order valence-corrected chi connectivity index (χ4v) is 2.09. The molecule has 0 atom stereocenters. The number of aromatic nitrogens is 3. The number of nitrogens with two attached hydrogens (primary N) is 1. The number of hydrogen-bond acceptors (Lipinski definition) is 5. The van der Waals surface area contributed by atoms with Crippen LogP contribution in [0, 0.1) is 6.92 Å². The van der Waals surface area contributed by atoms with Gasteiger partial charge in [-0.05, 0) is 13.0 Å². The van der Waals surface area contributed by atoms with Gasteiger partial charge < -0.3 is 5.73 Å². The third kappa shape index (κ3) is 2.43. The molecule has 0 saturated carbocycles. The molecule has 0 aliphatic heterocycles. The van der Waals surface area contributed by atoms with Crippen LogP contribution in [0.2, 0.25) is 5.02 Å². The number of nitrogen functional groups attached to an aromatic ring is 1. The van der Waals surface area contributed by atoms with Crippen LogP contribution >= 0.6 is 23.4 Å². The number of nitrogens with zero attached hydrogens (tertiary/aromatic N) is 3. The topological polar surface area (TPSA) is 64.7 Å². The molecule has 2 N–H and O–H groups in total. The van der Waals surface area contributed by atoms with E-state index in [4.69, 9.17) is 17.3 Å². The lowest BCUT2D eigenvalue weighted by molar-refractivity contribution is 1.02. The molecule has 0 amide bonds. The third-order valence-electron chi connectivity index (χ3n) is 1.83. The van der Waals surface area contributed by atoms with Crippen LogP contribution < -0.4 is 5.73 Å². The van der Waals surface area contributed by atoms with E-state index in [9.17, 15) is 0 Å². The molecule has 0 spiro atoms. The Hall–Kier alpha value is -1.33. The lowest BCUT2D eigenvalue weighted by atomic mass is 10.5. The van der Waals surface area contributed by atoms with Crippen LogP contribution in [0.4, 0.5) is 5.82 Å². The molecule has 2 rings (SSSR count). The Morgan fingerprint density at radius 1 is 1.38 bits per heavy atom. The maximum Gasteiger partial charge on any atom is 0.156 e. The fourth-order valence-electron chi connectivity index (χ4n) is 1.11. The van der Waals surface area contributed by atoms with Gasteiger partial charge in [0.2, 0.25) is 0 Å². The molecule has 0 aromatic carbocycles. The summed E-state index contributed by atoms with van der Waals surface area (Å²) < 4.78 is 0. The van der Waals surface area contributed by atoms with E-state index in [1.54, 1.807) is 18.6 Å². The molecule has 82 valence electrons.